The van der Waals surface area contributed by atoms with Gasteiger partial charge in [-0.3, -0.25) is 9.89 Å². The minimum atomic E-state index is -0.817. The smallest absolute Gasteiger partial charge is 0.320 e. The van der Waals surface area contributed by atoms with Crippen molar-refractivity contribution in [1.82, 2.24) is 25.0 Å². The van der Waals surface area contributed by atoms with Crippen molar-refractivity contribution in [1.29, 1.82) is 0 Å². The maximum Gasteiger partial charge on any atom is 0.320 e. The molecule has 1 aromatic heterocycles. The Labute approximate surface area is 104 Å². The molecule has 1 saturated heterocycles. The molecule has 98 valence electrons. The van der Waals surface area contributed by atoms with Crippen LogP contribution in [0.15, 0.2) is 6.33 Å². The van der Waals surface area contributed by atoms with Crippen molar-refractivity contribution >= 4 is 12.0 Å². The average molecular weight is 253 g/mol. The van der Waals surface area contributed by atoms with Crippen LogP contribution in [0.1, 0.15) is 12.2 Å². The van der Waals surface area contributed by atoms with Gasteiger partial charge in [-0.15, -0.1) is 0 Å². The third-order valence-corrected chi connectivity index (χ3v) is 2.87. The first-order valence-corrected chi connectivity index (χ1v) is 5.62. The SMILES string of the molecule is CN(Cc1ncn[nH]1)C(=O)N1CC(CC(=O)O)C1. The van der Waals surface area contributed by atoms with E-state index in [9.17, 15) is 9.59 Å². The van der Waals surface area contributed by atoms with E-state index in [2.05, 4.69) is 15.2 Å². The minimum Gasteiger partial charge on any atom is -0.481 e. The van der Waals surface area contributed by atoms with Gasteiger partial charge in [0.15, 0.2) is 0 Å². The fourth-order valence-electron chi connectivity index (χ4n) is 1.94. The molecule has 2 heterocycles. The lowest BCUT2D eigenvalue weighted by Crippen LogP contribution is -2.54. The highest BCUT2D eigenvalue weighted by atomic mass is 16.4. The number of amides is 2. The van der Waals surface area contributed by atoms with E-state index in [0.717, 1.165) is 0 Å². The van der Waals surface area contributed by atoms with Gasteiger partial charge in [0.1, 0.15) is 12.2 Å². The Morgan fingerprint density at radius 2 is 2.33 bits per heavy atom. The molecule has 0 aliphatic carbocycles. The molecule has 8 nitrogen and oxygen atoms in total. The number of rotatable bonds is 4. The van der Waals surface area contributed by atoms with Crippen LogP contribution in [0.2, 0.25) is 0 Å². The Morgan fingerprint density at radius 3 is 2.89 bits per heavy atom. The zero-order valence-electron chi connectivity index (χ0n) is 10.0. The number of carbonyl (C=O) groups is 2. The molecule has 8 heteroatoms. The van der Waals surface area contributed by atoms with Crippen molar-refractivity contribution in [2.45, 2.75) is 13.0 Å². The zero-order chi connectivity index (χ0) is 13.1. The molecule has 0 bridgehead atoms. The number of hydrogen-bond acceptors (Lipinski definition) is 4. The van der Waals surface area contributed by atoms with Gasteiger partial charge in [0, 0.05) is 26.1 Å². The van der Waals surface area contributed by atoms with Gasteiger partial charge in [0.2, 0.25) is 0 Å². The Balaban J connectivity index is 1.77. The van der Waals surface area contributed by atoms with E-state index in [4.69, 9.17) is 5.11 Å². The van der Waals surface area contributed by atoms with Gasteiger partial charge in [-0.05, 0) is 0 Å². The fraction of sp³-hybridized carbons (Fsp3) is 0.600. The van der Waals surface area contributed by atoms with E-state index >= 15 is 0 Å². The molecule has 1 fully saturated rings. The summed E-state index contributed by atoms with van der Waals surface area (Å²) < 4.78 is 0. The first-order valence-electron chi connectivity index (χ1n) is 5.62. The van der Waals surface area contributed by atoms with Gasteiger partial charge in [-0.25, -0.2) is 9.78 Å². The molecule has 1 aliphatic heterocycles. The largest absolute Gasteiger partial charge is 0.481 e. The van der Waals surface area contributed by atoms with Gasteiger partial charge in [0.25, 0.3) is 0 Å². The number of carboxylic acid groups (broad SMARTS) is 1. The van der Waals surface area contributed by atoms with Gasteiger partial charge in [0.05, 0.1) is 13.0 Å². The lowest BCUT2D eigenvalue weighted by molar-refractivity contribution is -0.139. The lowest BCUT2D eigenvalue weighted by Gasteiger charge is -2.40. The molecule has 0 spiro atoms. The van der Waals surface area contributed by atoms with Crippen LogP contribution in [0.4, 0.5) is 4.79 Å². The van der Waals surface area contributed by atoms with Gasteiger partial charge < -0.3 is 14.9 Å². The van der Waals surface area contributed by atoms with E-state index < -0.39 is 5.97 Å². The van der Waals surface area contributed by atoms with Crippen molar-refractivity contribution in [3.8, 4) is 0 Å². The van der Waals surface area contributed by atoms with Crippen LogP contribution < -0.4 is 0 Å². The summed E-state index contributed by atoms with van der Waals surface area (Å²) in [7, 11) is 1.68. The van der Waals surface area contributed by atoms with Crippen molar-refractivity contribution in [3.05, 3.63) is 12.2 Å². The van der Waals surface area contributed by atoms with Crippen molar-refractivity contribution < 1.29 is 14.7 Å². The van der Waals surface area contributed by atoms with Crippen LogP contribution in [-0.2, 0) is 11.3 Å². The summed E-state index contributed by atoms with van der Waals surface area (Å²) in [6, 6.07) is -0.118. The summed E-state index contributed by atoms with van der Waals surface area (Å²) in [4.78, 5) is 29.5. The Kier molecular flexibility index (Phi) is 3.45. The number of carbonyl (C=O) groups excluding carboxylic acids is 1. The molecule has 0 atom stereocenters. The lowest BCUT2D eigenvalue weighted by atomic mass is 9.97. The number of aliphatic carboxylic acids is 1. The summed E-state index contributed by atoms with van der Waals surface area (Å²) in [5.41, 5.74) is 0. The molecule has 18 heavy (non-hydrogen) atoms. The summed E-state index contributed by atoms with van der Waals surface area (Å²) in [6.07, 6.45) is 1.51. The van der Waals surface area contributed by atoms with Crippen LogP contribution in [0.25, 0.3) is 0 Å². The predicted octanol–water partition coefficient (Wildman–Crippen LogP) is -0.237. The Morgan fingerprint density at radius 1 is 1.61 bits per heavy atom. The molecule has 0 unspecified atom stereocenters. The number of aromatic amines is 1. The number of aromatic nitrogens is 3. The van der Waals surface area contributed by atoms with Crippen molar-refractivity contribution in [2.24, 2.45) is 5.92 Å². The van der Waals surface area contributed by atoms with Crippen LogP contribution in [0.3, 0.4) is 0 Å². The second kappa shape index (κ2) is 5.03. The maximum atomic E-state index is 11.9. The zero-order valence-corrected chi connectivity index (χ0v) is 10.0. The van der Waals surface area contributed by atoms with Crippen LogP contribution >= 0.6 is 0 Å². The van der Waals surface area contributed by atoms with E-state index in [0.29, 0.717) is 25.5 Å². The second-order valence-corrected chi connectivity index (χ2v) is 4.44. The van der Waals surface area contributed by atoms with Gasteiger partial charge in [-0.1, -0.05) is 0 Å². The molecule has 1 aliphatic rings. The Bertz CT molecular complexity index is 427. The van der Waals surface area contributed by atoms with E-state index in [1.165, 1.54) is 11.2 Å². The van der Waals surface area contributed by atoms with Gasteiger partial charge in [-0.2, -0.15) is 5.10 Å². The summed E-state index contributed by atoms with van der Waals surface area (Å²) >= 11 is 0. The topological polar surface area (TPSA) is 102 Å². The average Bonchev–Trinajstić information content (AvgIpc) is 2.74. The summed E-state index contributed by atoms with van der Waals surface area (Å²) in [5, 5.41) is 15.0. The third-order valence-electron chi connectivity index (χ3n) is 2.87. The van der Waals surface area contributed by atoms with E-state index in [1.54, 1.807) is 11.9 Å². The van der Waals surface area contributed by atoms with E-state index in [-0.39, 0.29) is 18.4 Å². The monoisotopic (exact) mass is 253 g/mol. The van der Waals surface area contributed by atoms with Crippen molar-refractivity contribution in [2.75, 3.05) is 20.1 Å². The number of urea groups is 1. The summed E-state index contributed by atoms with van der Waals surface area (Å²) in [5.74, 6) is -0.124. The molecule has 0 radical (unpaired) electrons. The first kappa shape index (κ1) is 12.3. The quantitative estimate of drug-likeness (QED) is 0.771. The number of carboxylic acids is 1. The van der Waals surface area contributed by atoms with Crippen LogP contribution in [0.5, 0.6) is 0 Å². The highest BCUT2D eigenvalue weighted by Crippen LogP contribution is 2.20. The maximum absolute atomic E-state index is 11.9. The number of nitrogens with one attached hydrogen (secondary N) is 1. The molecular weight excluding hydrogens is 238 g/mol. The fourth-order valence-corrected chi connectivity index (χ4v) is 1.94. The third kappa shape index (κ3) is 2.76. The van der Waals surface area contributed by atoms with Gasteiger partial charge >= 0.3 is 12.0 Å². The molecule has 2 amide bonds. The molecular formula is C10H15N5O3. The minimum absolute atomic E-state index is 0.0742. The number of nitrogens with zero attached hydrogens (tertiary/aromatic N) is 4. The predicted molar refractivity (Wildman–Crippen MR) is 60.6 cm³/mol. The molecule has 2 rings (SSSR count). The molecule has 2 N–H and O–H groups in total. The Hall–Kier alpha value is -2.12. The van der Waals surface area contributed by atoms with E-state index in [1.807, 2.05) is 0 Å². The summed E-state index contributed by atoms with van der Waals surface area (Å²) in [6.45, 7) is 1.37. The molecule has 0 aromatic carbocycles. The number of hydrogen-bond donors (Lipinski definition) is 2. The number of H-pyrrole nitrogens is 1. The highest BCUT2D eigenvalue weighted by molar-refractivity contribution is 5.75. The van der Waals surface area contributed by atoms with Crippen LogP contribution in [-0.4, -0.2) is 62.2 Å². The molecule has 0 saturated carbocycles. The standard InChI is InChI=1S/C10H15N5O3/c1-14(5-8-11-6-12-13-8)10(18)15-3-7(4-15)2-9(16)17/h6-7H,2-5H2,1H3,(H,16,17)(H,11,12,13). The second-order valence-electron chi connectivity index (χ2n) is 4.44. The van der Waals surface area contributed by atoms with Crippen LogP contribution in [0, 0.1) is 5.92 Å². The normalized spacial score (nSPS) is 15.3. The number of likely N-dealkylation sites (tertiary alicyclic amines) is 1. The highest BCUT2D eigenvalue weighted by Gasteiger charge is 2.33. The molecule has 1 aromatic rings. The first-order chi connectivity index (χ1) is 8.56. The van der Waals surface area contributed by atoms with Crippen molar-refractivity contribution in [3.63, 3.8) is 0 Å².